The van der Waals surface area contributed by atoms with E-state index in [-0.39, 0.29) is 0 Å². The maximum absolute atomic E-state index is 12.6. The average Bonchev–Trinajstić information content (AvgIpc) is 2.93. The minimum absolute atomic E-state index is 0.314. The number of imidazole rings is 1. The van der Waals surface area contributed by atoms with Gasteiger partial charge in [0.25, 0.3) is 0 Å². The molecule has 6 nitrogen and oxygen atoms in total. The van der Waals surface area contributed by atoms with Gasteiger partial charge in [0.15, 0.2) is 5.16 Å². The molecule has 2 aromatic heterocycles. The van der Waals surface area contributed by atoms with Gasteiger partial charge in [0.2, 0.25) is 0 Å². The maximum atomic E-state index is 12.6. The molecule has 0 aliphatic carbocycles. The molecule has 0 saturated heterocycles. The van der Waals surface area contributed by atoms with Crippen LogP contribution in [0.4, 0.5) is 5.82 Å². The van der Waals surface area contributed by atoms with Gasteiger partial charge in [-0.05, 0) is 19.1 Å². The molecular formula is C15H17N5OS. The second kappa shape index (κ2) is 5.84. The third kappa shape index (κ3) is 2.71. The molecule has 1 atom stereocenters. The van der Waals surface area contributed by atoms with Crippen LogP contribution in [0.5, 0.6) is 0 Å². The van der Waals surface area contributed by atoms with Crippen LogP contribution in [0.1, 0.15) is 11.3 Å². The van der Waals surface area contributed by atoms with Crippen LogP contribution in [0, 0.1) is 6.92 Å². The minimum atomic E-state index is -1.27. The predicted molar refractivity (Wildman–Crippen MR) is 87.3 cm³/mol. The summed E-state index contributed by atoms with van der Waals surface area (Å²) in [4.78, 5) is 17.9. The molecule has 0 aliphatic rings. The van der Waals surface area contributed by atoms with E-state index in [4.69, 9.17) is 0 Å². The van der Waals surface area contributed by atoms with E-state index in [9.17, 15) is 4.21 Å². The summed E-state index contributed by atoms with van der Waals surface area (Å²) in [6, 6.07) is 7.65. The van der Waals surface area contributed by atoms with E-state index in [1.54, 1.807) is 0 Å². The fraction of sp³-hybridized carbons (Fsp3) is 0.267. The van der Waals surface area contributed by atoms with E-state index < -0.39 is 10.8 Å². The lowest BCUT2D eigenvalue weighted by molar-refractivity contribution is 0.676. The summed E-state index contributed by atoms with van der Waals surface area (Å²) >= 11 is 0. The first-order chi connectivity index (χ1) is 10.6. The van der Waals surface area contributed by atoms with Gasteiger partial charge in [-0.25, -0.2) is 15.0 Å². The van der Waals surface area contributed by atoms with Crippen LogP contribution in [0.15, 0.2) is 35.7 Å². The molecule has 0 bridgehead atoms. The Labute approximate surface area is 131 Å². The Bertz CT molecular complexity index is 810. The van der Waals surface area contributed by atoms with Gasteiger partial charge < -0.3 is 9.88 Å². The number of benzene rings is 1. The Morgan fingerprint density at radius 3 is 2.73 bits per heavy atom. The van der Waals surface area contributed by atoms with Gasteiger partial charge in [-0.15, -0.1) is 0 Å². The summed E-state index contributed by atoms with van der Waals surface area (Å²) in [5.41, 5.74) is 3.42. The average molecular weight is 315 g/mol. The normalized spacial score (nSPS) is 12.5. The lowest BCUT2D eigenvalue weighted by Crippen LogP contribution is -2.14. The summed E-state index contributed by atoms with van der Waals surface area (Å²) in [5.74, 6) is 1.15. The molecule has 0 saturated carbocycles. The van der Waals surface area contributed by atoms with E-state index in [1.165, 1.54) is 6.33 Å². The summed E-state index contributed by atoms with van der Waals surface area (Å²) in [6.45, 7) is 1.94. The number of H-pyrrole nitrogens is 1. The molecule has 7 heteroatoms. The third-order valence-electron chi connectivity index (χ3n) is 3.44. The zero-order valence-electron chi connectivity index (χ0n) is 12.7. The fourth-order valence-corrected chi connectivity index (χ4v) is 3.40. The number of anilines is 1. The Morgan fingerprint density at radius 2 is 2.00 bits per heavy atom. The summed E-state index contributed by atoms with van der Waals surface area (Å²) in [7, 11) is 2.58. The Morgan fingerprint density at radius 1 is 1.23 bits per heavy atom. The number of hydrogen-bond acceptors (Lipinski definition) is 5. The van der Waals surface area contributed by atoms with Crippen LogP contribution in [-0.4, -0.2) is 38.2 Å². The first-order valence-electron chi connectivity index (χ1n) is 6.87. The van der Waals surface area contributed by atoms with Crippen molar-refractivity contribution in [2.24, 2.45) is 0 Å². The van der Waals surface area contributed by atoms with Crippen LogP contribution in [0.25, 0.3) is 11.0 Å². The number of nitrogens with zero attached hydrogens (tertiary/aromatic N) is 4. The van der Waals surface area contributed by atoms with Crippen LogP contribution < -0.4 is 4.90 Å². The quantitative estimate of drug-likeness (QED) is 0.797. The smallest absolute Gasteiger partial charge is 0.197 e. The number of rotatable bonds is 4. The monoisotopic (exact) mass is 315 g/mol. The van der Waals surface area contributed by atoms with Gasteiger partial charge in [-0.3, -0.25) is 4.21 Å². The van der Waals surface area contributed by atoms with Crippen molar-refractivity contribution in [1.29, 1.82) is 0 Å². The zero-order chi connectivity index (χ0) is 15.7. The molecule has 0 aliphatic heterocycles. The van der Waals surface area contributed by atoms with Crippen molar-refractivity contribution in [2.75, 3.05) is 19.0 Å². The lowest BCUT2D eigenvalue weighted by Gasteiger charge is -2.15. The van der Waals surface area contributed by atoms with Gasteiger partial charge in [0.05, 0.1) is 33.3 Å². The van der Waals surface area contributed by atoms with Crippen molar-refractivity contribution in [1.82, 2.24) is 19.9 Å². The highest BCUT2D eigenvalue weighted by Gasteiger charge is 2.15. The first-order valence-corrected chi connectivity index (χ1v) is 8.19. The highest BCUT2D eigenvalue weighted by Crippen LogP contribution is 2.20. The summed E-state index contributed by atoms with van der Waals surface area (Å²) in [5, 5.41) is 0.477. The van der Waals surface area contributed by atoms with E-state index in [1.807, 2.05) is 50.2 Å². The number of hydrogen-bond donors (Lipinski definition) is 1. The number of aromatic amines is 1. The minimum Gasteiger partial charge on any atom is -0.362 e. The molecule has 3 aromatic rings. The van der Waals surface area contributed by atoms with E-state index in [2.05, 4.69) is 19.9 Å². The second-order valence-corrected chi connectivity index (χ2v) is 6.58. The van der Waals surface area contributed by atoms with Gasteiger partial charge in [-0.1, -0.05) is 12.1 Å². The molecule has 0 radical (unpaired) electrons. The van der Waals surface area contributed by atoms with Crippen molar-refractivity contribution in [3.8, 4) is 0 Å². The first kappa shape index (κ1) is 14.6. The molecule has 3 rings (SSSR count). The number of nitrogens with one attached hydrogen (secondary N) is 1. The standard InChI is InChI=1S/C15H17N5OS/c1-10-13(16-9-17-14(10)20(2)3)8-22(21)15-18-11-6-4-5-7-12(11)19-15/h4-7,9H,8H2,1-3H3,(H,18,19). The van der Waals surface area contributed by atoms with Crippen molar-refractivity contribution in [3.05, 3.63) is 41.9 Å². The molecule has 1 aromatic carbocycles. The number of para-hydroxylation sites is 2. The summed E-state index contributed by atoms with van der Waals surface area (Å²) < 4.78 is 12.6. The Balaban J connectivity index is 1.89. The largest absolute Gasteiger partial charge is 0.362 e. The van der Waals surface area contributed by atoms with Crippen LogP contribution >= 0.6 is 0 Å². The van der Waals surface area contributed by atoms with Gasteiger partial charge in [0, 0.05) is 19.7 Å². The van der Waals surface area contributed by atoms with E-state index in [0.717, 1.165) is 28.1 Å². The Hall–Kier alpha value is -2.28. The molecule has 114 valence electrons. The van der Waals surface area contributed by atoms with E-state index >= 15 is 0 Å². The fourth-order valence-electron chi connectivity index (χ4n) is 2.30. The van der Waals surface area contributed by atoms with Gasteiger partial charge >= 0.3 is 0 Å². The maximum Gasteiger partial charge on any atom is 0.197 e. The van der Waals surface area contributed by atoms with Crippen LogP contribution in [0.2, 0.25) is 0 Å². The van der Waals surface area contributed by atoms with Crippen LogP contribution in [-0.2, 0) is 16.6 Å². The summed E-state index contributed by atoms with van der Waals surface area (Å²) in [6.07, 6.45) is 1.51. The molecule has 22 heavy (non-hydrogen) atoms. The third-order valence-corrected chi connectivity index (χ3v) is 4.60. The Kier molecular flexibility index (Phi) is 3.89. The molecule has 0 amide bonds. The molecule has 2 heterocycles. The van der Waals surface area contributed by atoms with Crippen molar-refractivity contribution in [2.45, 2.75) is 17.8 Å². The molecular weight excluding hydrogens is 298 g/mol. The molecule has 0 fully saturated rings. The van der Waals surface area contributed by atoms with Gasteiger partial charge in [-0.2, -0.15) is 0 Å². The zero-order valence-corrected chi connectivity index (χ0v) is 13.5. The second-order valence-electron chi connectivity index (χ2n) is 5.21. The number of fused-ring (bicyclic) bond motifs is 1. The van der Waals surface area contributed by atoms with Crippen molar-refractivity contribution in [3.63, 3.8) is 0 Å². The molecule has 0 spiro atoms. The predicted octanol–water partition coefficient (Wildman–Crippen LogP) is 2.04. The van der Waals surface area contributed by atoms with Crippen molar-refractivity contribution < 1.29 is 4.21 Å². The van der Waals surface area contributed by atoms with E-state index in [0.29, 0.717) is 10.9 Å². The van der Waals surface area contributed by atoms with Crippen LogP contribution in [0.3, 0.4) is 0 Å². The van der Waals surface area contributed by atoms with Crippen molar-refractivity contribution >= 4 is 27.7 Å². The highest BCUT2D eigenvalue weighted by atomic mass is 32.2. The molecule has 1 N–H and O–H groups in total. The lowest BCUT2D eigenvalue weighted by atomic mass is 10.2. The van der Waals surface area contributed by atoms with Gasteiger partial charge in [0.1, 0.15) is 12.1 Å². The number of aromatic nitrogens is 4. The highest BCUT2D eigenvalue weighted by molar-refractivity contribution is 7.84. The SMILES string of the molecule is Cc1c(CS(=O)c2nc3ccccc3[nH]2)ncnc1N(C)C. The molecule has 1 unspecified atom stereocenters. The topological polar surface area (TPSA) is 74.8 Å².